The predicted molar refractivity (Wildman–Crippen MR) is 118 cm³/mol. The highest BCUT2D eigenvalue weighted by Crippen LogP contribution is 2.32. The highest BCUT2D eigenvalue weighted by atomic mass is 32.2. The summed E-state index contributed by atoms with van der Waals surface area (Å²) in [5, 5.41) is 9.05. The second-order valence-electron chi connectivity index (χ2n) is 6.47. The average Bonchev–Trinajstić information content (AvgIpc) is 3.38. The molecule has 4 rings (SSSR count). The lowest BCUT2D eigenvalue weighted by Gasteiger charge is -2.09. The summed E-state index contributed by atoms with van der Waals surface area (Å²) >= 11 is 1.41. The summed E-state index contributed by atoms with van der Waals surface area (Å²) in [4.78, 5) is 12.1. The Bertz CT molecular complexity index is 1280. The zero-order valence-corrected chi connectivity index (χ0v) is 17.6. The lowest BCUT2D eigenvalue weighted by Crippen LogP contribution is -2.14. The Kier molecular flexibility index (Phi) is 5.39. The number of benzene rings is 2. The van der Waals surface area contributed by atoms with Crippen LogP contribution in [-0.2, 0) is 14.8 Å². The smallest absolute Gasteiger partial charge is 0.265 e. The minimum Gasteiger partial charge on any atom is -0.326 e. The molecule has 0 saturated carbocycles. The molecule has 1 amide bonds. The van der Waals surface area contributed by atoms with Gasteiger partial charge in [0.25, 0.3) is 10.0 Å². The van der Waals surface area contributed by atoms with Gasteiger partial charge in [0.15, 0.2) is 0 Å². The van der Waals surface area contributed by atoms with Gasteiger partial charge in [0.2, 0.25) is 5.91 Å². The van der Waals surface area contributed by atoms with Crippen LogP contribution < -0.4 is 10.0 Å². The minimum atomic E-state index is -3.94. The van der Waals surface area contributed by atoms with Gasteiger partial charge in [-0.3, -0.25) is 9.52 Å². The van der Waals surface area contributed by atoms with Crippen molar-refractivity contribution in [3.63, 3.8) is 0 Å². The molecule has 2 aromatic heterocycles. The maximum absolute atomic E-state index is 13.2. The first kappa shape index (κ1) is 19.9. The molecule has 0 fully saturated rings. The van der Waals surface area contributed by atoms with Gasteiger partial charge in [0.1, 0.15) is 10.6 Å². The molecule has 152 valence electrons. The third kappa shape index (κ3) is 4.27. The Morgan fingerprint density at radius 1 is 1.00 bits per heavy atom. The van der Waals surface area contributed by atoms with Crippen LogP contribution in [0.25, 0.3) is 16.3 Å². The molecule has 0 bridgehead atoms. The van der Waals surface area contributed by atoms with Crippen LogP contribution >= 0.6 is 11.3 Å². The van der Waals surface area contributed by atoms with E-state index >= 15 is 0 Å². The molecular weight excluding hydrogens is 420 g/mol. The topological polar surface area (TPSA) is 93.1 Å². The summed E-state index contributed by atoms with van der Waals surface area (Å²) in [5.41, 5.74) is 1.97. The lowest BCUT2D eigenvalue weighted by molar-refractivity contribution is -0.114. The van der Waals surface area contributed by atoms with Gasteiger partial charge in [-0.25, -0.2) is 13.1 Å². The second kappa shape index (κ2) is 8.13. The molecule has 2 N–H and O–H groups in total. The Hall–Kier alpha value is -3.43. The van der Waals surface area contributed by atoms with Crippen molar-refractivity contribution in [1.82, 2.24) is 9.78 Å². The average molecular weight is 439 g/mol. The first-order valence-corrected chi connectivity index (χ1v) is 11.4. The standard InChI is InChI=1S/C21H18N4O3S2/c1-15(26)22-16-7-5-8-17(13-16)24-30(27,28)20-14-25(18-9-3-2-4-10-18)23-21(20)19-11-6-12-29-19/h2-14,24H,1H3,(H,22,26). The monoisotopic (exact) mass is 438 g/mol. The van der Waals surface area contributed by atoms with E-state index < -0.39 is 10.0 Å². The molecule has 2 aromatic carbocycles. The van der Waals surface area contributed by atoms with Gasteiger partial charge in [-0.05, 0) is 41.8 Å². The fraction of sp³-hybridized carbons (Fsp3) is 0.0476. The molecule has 30 heavy (non-hydrogen) atoms. The minimum absolute atomic E-state index is 0.0683. The maximum Gasteiger partial charge on any atom is 0.265 e. The van der Waals surface area contributed by atoms with Crippen molar-refractivity contribution in [2.75, 3.05) is 10.0 Å². The Morgan fingerprint density at radius 2 is 1.77 bits per heavy atom. The lowest BCUT2D eigenvalue weighted by atomic mass is 10.3. The molecule has 0 aliphatic carbocycles. The summed E-state index contributed by atoms with van der Waals surface area (Å²) in [6, 6.07) is 19.5. The Morgan fingerprint density at radius 3 is 2.47 bits per heavy atom. The zero-order chi connectivity index (χ0) is 21.1. The second-order valence-corrected chi connectivity index (χ2v) is 9.07. The number of hydrogen-bond donors (Lipinski definition) is 2. The highest BCUT2D eigenvalue weighted by Gasteiger charge is 2.25. The molecule has 2 heterocycles. The molecule has 0 aliphatic rings. The quantitative estimate of drug-likeness (QED) is 0.468. The number of thiophene rings is 1. The number of carbonyl (C=O) groups is 1. The van der Waals surface area contributed by atoms with Gasteiger partial charge in [0.05, 0.1) is 22.4 Å². The number of anilines is 2. The van der Waals surface area contributed by atoms with Crippen LogP contribution in [0, 0.1) is 0 Å². The van der Waals surface area contributed by atoms with E-state index in [4.69, 9.17) is 0 Å². The summed E-state index contributed by atoms with van der Waals surface area (Å²) in [7, 11) is -3.94. The normalized spacial score (nSPS) is 11.2. The number of carbonyl (C=O) groups excluding carboxylic acids is 1. The third-order valence-electron chi connectivity index (χ3n) is 4.18. The van der Waals surface area contributed by atoms with Crippen LogP contribution in [0.4, 0.5) is 11.4 Å². The van der Waals surface area contributed by atoms with Crippen LogP contribution in [0.5, 0.6) is 0 Å². The SMILES string of the molecule is CC(=O)Nc1cccc(NS(=O)(=O)c2cn(-c3ccccc3)nc2-c2cccs2)c1. The van der Waals surface area contributed by atoms with Crippen molar-refractivity contribution in [2.45, 2.75) is 11.8 Å². The van der Waals surface area contributed by atoms with Gasteiger partial charge in [0, 0.05) is 12.6 Å². The van der Waals surface area contributed by atoms with Crippen molar-refractivity contribution in [3.05, 3.63) is 78.3 Å². The number of nitrogens with zero attached hydrogens (tertiary/aromatic N) is 2. The van der Waals surface area contributed by atoms with Crippen molar-refractivity contribution in [3.8, 4) is 16.3 Å². The van der Waals surface area contributed by atoms with Gasteiger partial charge < -0.3 is 5.32 Å². The van der Waals surface area contributed by atoms with E-state index in [-0.39, 0.29) is 10.8 Å². The molecule has 9 heteroatoms. The molecule has 0 spiro atoms. The molecule has 0 saturated heterocycles. The van der Waals surface area contributed by atoms with E-state index in [2.05, 4.69) is 15.1 Å². The number of nitrogens with one attached hydrogen (secondary N) is 2. The summed E-state index contributed by atoms with van der Waals surface area (Å²) in [6.07, 6.45) is 1.50. The fourth-order valence-corrected chi connectivity index (χ4v) is 4.90. The first-order chi connectivity index (χ1) is 14.4. The third-order valence-corrected chi connectivity index (χ3v) is 6.44. The molecule has 0 aliphatic heterocycles. The molecule has 7 nitrogen and oxygen atoms in total. The molecule has 0 unspecified atom stereocenters. The zero-order valence-electron chi connectivity index (χ0n) is 15.9. The Balaban J connectivity index is 1.75. The molecular formula is C21H18N4O3S2. The number of sulfonamides is 1. The van der Waals surface area contributed by atoms with E-state index in [1.54, 1.807) is 28.9 Å². The Labute approximate surface area is 178 Å². The highest BCUT2D eigenvalue weighted by molar-refractivity contribution is 7.92. The molecule has 0 atom stereocenters. The van der Waals surface area contributed by atoms with Crippen molar-refractivity contribution < 1.29 is 13.2 Å². The van der Waals surface area contributed by atoms with Crippen LogP contribution in [0.2, 0.25) is 0 Å². The first-order valence-electron chi connectivity index (χ1n) is 9.02. The number of amides is 1. The van der Waals surface area contributed by atoms with Crippen LogP contribution in [0.15, 0.2) is 83.2 Å². The van der Waals surface area contributed by atoms with E-state index in [0.717, 1.165) is 10.6 Å². The van der Waals surface area contributed by atoms with E-state index in [0.29, 0.717) is 17.1 Å². The number of para-hydroxylation sites is 1. The van der Waals surface area contributed by atoms with E-state index in [1.807, 2.05) is 47.8 Å². The van der Waals surface area contributed by atoms with Crippen molar-refractivity contribution in [1.29, 1.82) is 0 Å². The summed E-state index contributed by atoms with van der Waals surface area (Å²) in [6.45, 7) is 1.39. The molecule has 4 aromatic rings. The van der Waals surface area contributed by atoms with Crippen LogP contribution in [-0.4, -0.2) is 24.1 Å². The van der Waals surface area contributed by atoms with Crippen LogP contribution in [0.1, 0.15) is 6.92 Å². The van der Waals surface area contributed by atoms with Crippen LogP contribution in [0.3, 0.4) is 0 Å². The molecule has 0 radical (unpaired) electrons. The summed E-state index contributed by atoms with van der Waals surface area (Å²) < 4.78 is 30.6. The van der Waals surface area contributed by atoms with E-state index in [9.17, 15) is 13.2 Å². The van der Waals surface area contributed by atoms with E-state index in [1.165, 1.54) is 24.5 Å². The van der Waals surface area contributed by atoms with Gasteiger partial charge in [-0.15, -0.1) is 11.3 Å². The number of hydrogen-bond acceptors (Lipinski definition) is 5. The fourth-order valence-electron chi connectivity index (χ4n) is 2.93. The van der Waals surface area contributed by atoms with Crippen molar-refractivity contribution >= 4 is 38.6 Å². The van der Waals surface area contributed by atoms with Crippen molar-refractivity contribution in [2.24, 2.45) is 0 Å². The number of rotatable bonds is 6. The van der Waals surface area contributed by atoms with Gasteiger partial charge >= 0.3 is 0 Å². The van der Waals surface area contributed by atoms with Gasteiger partial charge in [-0.2, -0.15) is 5.10 Å². The maximum atomic E-state index is 13.2. The predicted octanol–water partition coefficient (Wildman–Crippen LogP) is 4.36. The largest absolute Gasteiger partial charge is 0.326 e. The van der Waals surface area contributed by atoms with Gasteiger partial charge in [-0.1, -0.05) is 30.3 Å². The number of aromatic nitrogens is 2. The summed E-state index contributed by atoms with van der Waals surface area (Å²) in [5.74, 6) is -0.237.